The van der Waals surface area contributed by atoms with E-state index >= 15 is 0 Å². The molecule has 0 radical (unpaired) electrons. The minimum absolute atomic E-state index is 0.733. The molecule has 2 aromatic heterocycles. The predicted molar refractivity (Wildman–Crippen MR) is 113 cm³/mol. The van der Waals surface area contributed by atoms with E-state index in [1.165, 1.54) is 22.7 Å². The summed E-state index contributed by atoms with van der Waals surface area (Å²) in [7, 11) is 0. The molecule has 0 atom stereocenters. The number of nitriles is 2. The zero-order chi connectivity index (χ0) is 19.3. The Balaban J connectivity index is 1.60. The van der Waals surface area contributed by atoms with Gasteiger partial charge in [0.2, 0.25) is 0 Å². The Kier molecular flexibility index (Phi) is 4.98. The smallest absolute Gasteiger partial charge is 0.181 e. The third kappa shape index (κ3) is 3.69. The van der Waals surface area contributed by atoms with E-state index in [0.29, 0.717) is 0 Å². The van der Waals surface area contributed by atoms with Crippen molar-refractivity contribution in [3.05, 3.63) is 59.3 Å². The van der Waals surface area contributed by atoms with E-state index in [4.69, 9.17) is 20.5 Å². The number of aromatic nitrogens is 2. The second-order valence-electron chi connectivity index (χ2n) is 5.71. The first-order chi connectivity index (χ1) is 13.8. The van der Waals surface area contributed by atoms with Crippen LogP contribution in [0, 0.1) is 22.9 Å². The summed E-state index contributed by atoms with van der Waals surface area (Å²) in [6, 6.07) is 15.1. The molecule has 0 amide bonds. The molecule has 8 heteroatoms. The van der Waals surface area contributed by atoms with Crippen LogP contribution in [-0.2, 0) is 0 Å². The molecule has 134 valence electrons. The van der Waals surface area contributed by atoms with Gasteiger partial charge in [-0.25, -0.2) is 9.97 Å². The van der Waals surface area contributed by atoms with E-state index in [9.17, 15) is 0 Å². The average Bonchev–Trinajstić information content (AvgIpc) is 3.39. The summed E-state index contributed by atoms with van der Waals surface area (Å²) < 4.78 is 0. The number of anilines is 2. The second kappa shape index (κ2) is 7.89. The van der Waals surface area contributed by atoms with Crippen LogP contribution >= 0.6 is 22.7 Å². The molecule has 4 rings (SSSR count). The van der Waals surface area contributed by atoms with E-state index in [1.54, 1.807) is 0 Å². The maximum absolute atomic E-state index is 8.78. The van der Waals surface area contributed by atoms with Gasteiger partial charge in [-0.3, -0.25) is 10.6 Å². The van der Waals surface area contributed by atoms with Gasteiger partial charge in [0.25, 0.3) is 0 Å². The average molecular weight is 400 g/mol. The Labute approximate surface area is 169 Å². The summed E-state index contributed by atoms with van der Waals surface area (Å²) in [5, 5.41) is 28.5. The Morgan fingerprint density at radius 1 is 0.714 bits per heavy atom. The van der Waals surface area contributed by atoms with E-state index in [-0.39, 0.29) is 0 Å². The van der Waals surface area contributed by atoms with Gasteiger partial charge in [-0.15, -0.1) is 22.7 Å². The van der Waals surface area contributed by atoms with Crippen molar-refractivity contribution >= 4 is 34.0 Å². The molecule has 2 heterocycles. The molecule has 0 unspecified atom stereocenters. The molecule has 0 aliphatic heterocycles. The normalized spacial score (nSPS) is 10.1. The van der Waals surface area contributed by atoms with E-state index in [2.05, 4.69) is 10.6 Å². The molecule has 0 bridgehead atoms. The Morgan fingerprint density at radius 3 is 1.61 bits per heavy atom. The van der Waals surface area contributed by atoms with Crippen LogP contribution in [0.3, 0.4) is 0 Å². The van der Waals surface area contributed by atoms with Crippen molar-refractivity contribution in [3.8, 4) is 44.9 Å². The van der Waals surface area contributed by atoms with Crippen molar-refractivity contribution in [1.82, 2.24) is 9.97 Å². The van der Waals surface area contributed by atoms with Gasteiger partial charge >= 0.3 is 0 Å². The van der Waals surface area contributed by atoms with E-state index < -0.39 is 0 Å². The quantitative estimate of drug-likeness (QED) is 0.344. The van der Waals surface area contributed by atoms with Crippen molar-refractivity contribution in [2.24, 2.45) is 0 Å². The van der Waals surface area contributed by atoms with Crippen LogP contribution in [0.1, 0.15) is 0 Å². The number of hydrogen-bond acceptors (Lipinski definition) is 8. The molecule has 0 saturated heterocycles. The number of nitrogens with one attached hydrogen (secondary N) is 2. The molecule has 0 aliphatic carbocycles. The van der Waals surface area contributed by atoms with Gasteiger partial charge in [0.1, 0.15) is 0 Å². The molecule has 0 aliphatic rings. The van der Waals surface area contributed by atoms with Gasteiger partial charge in [0.05, 0.1) is 11.4 Å². The lowest BCUT2D eigenvalue weighted by Gasteiger charge is -2.00. The maximum Gasteiger partial charge on any atom is 0.181 e. The highest BCUT2D eigenvalue weighted by molar-refractivity contribution is 7.20. The SMILES string of the molecule is N#CNc1cccc(-c2csc(-c3nc(-c4cccc(NC#N)c4)cs3)n2)c1. The van der Waals surface area contributed by atoms with Crippen LogP contribution in [0.5, 0.6) is 0 Å². The lowest BCUT2D eigenvalue weighted by Crippen LogP contribution is -1.88. The summed E-state index contributed by atoms with van der Waals surface area (Å²) >= 11 is 3.06. The molecule has 28 heavy (non-hydrogen) atoms. The van der Waals surface area contributed by atoms with Crippen molar-refractivity contribution < 1.29 is 0 Å². The van der Waals surface area contributed by atoms with Crippen LogP contribution in [-0.4, -0.2) is 9.97 Å². The third-order valence-electron chi connectivity index (χ3n) is 3.91. The van der Waals surface area contributed by atoms with Crippen LogP contribution < -0.4 is 10.6 Å². The van der Waals surface area contributed by atoms with Gasteiger partial charge in [0, 0.05) is 33.3 Å². The molecule has 6 nitrogen and oxygen atoms in total. The fourth-order valence-corrected chi connectivity index (χ4v) is 4.36. The highest BCUT2D eigenvalue weighted by atomic mass is 32.1. The van der Waals surface area contributed by atoms with Crippen molar-refractivity contribution in [2.75, 3.05) is 10.6 Å². The van der Waals surface area contributed by atoms with Crippen molar-refractivity contribution in [1.29, 1.82) is 10.5 Å². The first kappa shape index (κ1) is 17.7. The molecule has 2 N–H and O–H groups in total. The second-order valence-corrected chi connectivity index (χ2v) is 7.43. The standard InChI is InChI=1S/C20H12N6S2/c21-11-23-15-5-1-3-13(7-15)17-9-27-19(25-17)20-26-18(10-28-20)14-4-2-6-16(8-14)24-12-22/h1-10,23-24H. The topological polar surface area (TPSA) is 97.4 Å². The monoisotopic (exact) mass is 400 g/mol. The number of benzene rings is 2. The summed E-state index contributed by atoms with van der Waals surface area (Å²) in [5.41, 5.74) is 5.04. The van der Waals surface area contributed by atoms with Crippen LogP contribution in [0.15, 0.2) is 59.3 Å². The number of hydrogen-bond donors (Lipinski definition) is 2. The molecule has 0 saturated carbocycles. The largest absolute Gasteiger partial charge is 0.293 e. The molecular formula is C20H12N6S2. The summed E-state index contributed by atoms with van der Waals surface area (Å²) in [5.74, 6) is 0. The Morgan fingerprint density at radius 2 is 1.18 bits per heavy atom. The molecule has 4 aromatic rings. The molecule has 0 spiro atoms. The first-order valence-corrected chi connectivity index (χ1v) is 9.95. The van der Waals surface area contributed by atoms with Crippen molar-refractivity contribution in [3.63, 3.8) is 0 Å². The lowest BCUT2D eigenvalue weighted by molar-refractivity contribution is 1.35. The van der Waals surface area contributed by atoms with Gasteiger partial charge < -0.3 is 0 Å². The maximum atomic E-state index is 8.78. The minimum Gasteiger partial charge on any atom is -0.293 e. The van der Waals surface area contributed by atoms with E-state index in [1.807, 2.05) is 71.7 Å². The first-order valence-electron chi connectivity index (χ1n) is 8.19. The van der Waals surface area contributed by atoms with Crippen LogP contribution in [0.4, 0.5) is 11.4 Å². The van der Waals surface area contributed by atoms with Crippen LogP contribution in [0.2, 0.25) is 0 Å². The van der Waals surface area contributed by atoms with Crippen LogP contribution in [0.25, 0.3) is 32.5 Å². The van der Waals surface area contributed by atoms with Crippen molar-refractivity contribution in [2.45, 2.75) is 0 Å². The zero-order valence-electron chi connectivity index (χ0n) is 14.4. The molecule has 0 fully saturated rings. The lowest BCUT2D eigenvalue weighted by atomic mass is 10.1. The van der Waals surface area contributed by atoms with Gasteiger partial charge in [-0.1, -0.05) is 24.3 Å². The Bertz CT molecular complexity index is 1120. The number of rotatable bonds is 5. The van der Waals surface area contributed by atoms with Gasteiger partial charge in [-0.05, 0) is 24.3 Å². The summed E-state index contributed by atoms with van der Waals surface area (Å²) in [4.78, 5) is 9.41. The van der Waals surface area contributed by atoms with Gasteiger partial charge in [0.15, 0.2) is 22.4 Å². The highest BCUT2D eigenvalue weighted by Gasteiger charge is 2.12. The highest BCUT2D eigenvalue weighted by Crippen LogP contribution is 2.34. The minimum atomic E-state index is 0.733. The molecule has 2 aromatic carbocycles. The number of nitrogens with zero attached hydrogens (tertiary/aromatic N) is 4. The van der Waals surface area contributed by atoms with E-state index in [0.717, 1.165) is 43.9 Å². The fourth-order valence-electron chi connectivity index (χ4n) is 2.65. The Hall–Kier alpha value is -3.72. The molecular weight excluding hydrogens is 388 g/mol. The number of thiazole rings is 2. The predicted octanol–water partition coefficient (Wildman–Crippen LogP) is 5.39. The van der Waals surface area contributed by atoms with Gasteiger partial charge in [-0.2, -0.15) is 10.5 Å². The fraction of sp³-hybridized carbons (Fsp3) is 0. The zero-order valence-corrected chi connectivity index (χ0v) is 16.0. The summed E-state index contributed by atoms with van der Waals surface area (Å²) in [6.45, 7) is 0. The third-order valence-corrected chi connectivity index (χ3v) is 5.74. The summed E-state index contributed by atoms with van der Waals surface area (Å²) in [6.07, 6.45) is 3.85.